The van der Waals surface area contributed by atoms with Crippen LogP contribution >= 0.6 is 23.8 Å². The Morgan fingerprint density at radius 1 is 1.22 bits per heavy atom. The van der Waals surface area contributed by atoms with Gasteiger partial charge in [-0.2, -0.15) is 0 Å². The van der Waals surface area contributed by atoms with E-state index >= 15 is 0 Å². The summed E-state index contributed by atoms with van der Waals surface area (Å²) in [6.07, 6.45) is 1.41. The fourth-order valence-corrected chi connectivity index (χ4v) is 5.25. The highest BCUT2D eigenvalue weighted by Crippen LogP contribution is 2.50. The molecule has 2 aliphatic heterocycles. The van der Waals surface area contributed by atoms with Crippen molar-refractivity contribution in [2.45, 2.75) is 50.8 Å². The standard InChI is InChI=1S/C21H23ClN2O2S/c1-12-8-13(25)9-17-18(12)15(14-6-4-5-7-16(14)22)10-21(26-17)11-20(2,3)23-19(27)24-21/h4-9,15,25H,10-11H2,1-3H3,(H2,23,24,27)/t15-,21+/m0/s1. The average Bonchev–Trinajstić information content (AvgIpc) is 2.51. The number of thiocarbonyl (C=S) groups is 1. The van der Waals surface area contributed by atoms with Crippen LogP contribution in [0.25, 0.3) is 0 Å². The van der Waals surface area contributed by atoms with Gasteiger partial charge in [-0.3, -0.25) is 0 Å². The highest BCUT2D eigenvalue weighted by Gasteiger charge is 2.49. The van der Waals surface area contributed by atoms with Crippen LogP contribution in [-0.2, 0) is 0 Å². The number of hydrogen-bond donors (Lipinski definition) is 3. The molecule has 0 amide bonds. The van der Waals surface area contributed by atoms with Gasteiger partial charge in [-0.05, 0) is 56.2 Å². The number of nitrogens with one attached hydrogen (secondary N) is 2. The number of ether oxygens (including phenoxy) is 1. The number of hydrogen-bond acceptors (Lipinski definition) is 3. The first-order valence-electron chi connectivity index (χ1n) is 9.05. The quantitative estimate of drug-likeness (QED) is 0.608. The minimum atomic E-state index is -0.664. The molecule has 0 unspecified atom stereocenters. The van der Waals surface area contributed by atoms with Gasteiger partial charge in [0.15, 0.2) is 10.8 Å². The van der Waals surface area contributed by atoms with Crippen molar-refractivity contribution in [2.75, 3.05) is 0 Å². The van der Waals surface area contributed by atoms with Crippen LogP contribution in [-0.4, -0.2) is 21.5 Å². The lowest BCUT2D eigenvalue weighted by molar-refractivity contribution is -0.0129. The van der Waals surface area contributed by atoms with Crippen LogP contribution in [0.5, 0.6) is 11.5 Å². The van der Waals surface area contributed by atoms with Crippen molar-refractivity contribution in [3.05, 3.63) is 58.1 Å². The zero-order valence-corrected chi connectivity index (χ0v) is 17.2. The summed E-state index contributed by atoms with van der Waals surface area (Å²) in [7, 11) is 0. The monoisotopic (exact) mass is 402 g/mol. The lowest BCUT2D eigenvalue weighted by Gasteiger charge is -2.50. The van der Waals surface area contributed by atoms with Gasteiger partial charge in [0.1, 0.15) is 11.5 Å². The number of fused-ring (bicyclic) bond motifs is 1. The zero-order chi connectivity index (χ0) is 19.4. The van der Waals surface area contributed by atoms with Crippen molar-refractivity contribution in [3.63, 3.8) is 0 Å². The Bertz CT molecular complexity index is 930. The molecule has 2 aliphatic rings. The molecule has 142 valence electrons. The second-order valence-electron chi connectivity index (χ2n) is 8.19. The molecule has 2 atom stereocenters. The lowest BCUT2D eigenvalue weighted by Crippen LogP contribution is -2.69. The molecule has 27 heavy (non-hydrogen) atoms. The summed E-state index contributed by atoms with van der Waals surface area (Å²) >= 11 is 12.0. The molecule has 2 aromatic carbocycles. The molecule has 0 bridgehead atoms. The third-order valence-corrected chi connectivity index (χ3v) is 5.87. The third kappa shape index (κ3) is 3.34. The first-order chi connectivity index (χ1) is 12.7. The van der Waals surface area contributed by atoms with Gasteiger partial charge in [0, 0.05) is 41.0 Å². The number of aryl methyl sites for hydroxylation is 1. The summed E-state index contributed by atoms with van der Waals surface area (Å²) in [5.74, 6) is 0.904. The summed E-state index contributed by atoms with van der Waals surface area (Å²) in [5, 5.41) is 18.1. The maximum atomic E-state index is 10.2. The fourth-order valence-electron chi connectivity index (χ4n) is 4.52. The Balaban J connectivity index is 1.89. The Labute approximate surface area is 169 Å². The van der Waals surface area contributed by atoms with Gasteiger partial charge in [0.05, 0.1) is 0 Å². The molecular weight excluding hydrogens is 380 g/mol. The van der Waals surface area contributed by atoms with Crippen molar-refractivity contribution < 1.29 is 9.84 Å². The predicted octanol–water partition coefficient (Wildman–Crippen LogP) is 4.61. The normalized spacial score (nSPS) is 25.9. The van der Waals surface area contributed by atoms with Crippen molar-refractivity contribution in [1.82, 2.24) is 10.6 Å². The van der Waals surface area contributed by atoms with E-state index in [-0.39, 0.29) is 17.2 Å². The molecular formula is C21H23ClN2O2S. The Hall–Kier alpha value is -1.98. The Kier molecular flexibility index (Phi) is 4.28. The number of phenolic OH excluding ortho intramolecular Hbond substituents is 1. The van der Waals surface area contributed by atoms with E-state index in [1.54, 1.807) is 12.1 Å². The lowest BCUT2D eigenvalue weighted by atomic mass is 9.76. The molecule has 0 saturated carbocycles. The van der Waals surface area contributed by atoms with E-state index in [0.29, 0.717) is 17.3 Å². The molecule has 0 radical (unpaired) electrons. The topological polar surface area (TPSA) is 53.5 Å². The molecule has 0 aromatic heterocycles. The van der Waals surface area contributed by atoms with E-state index in [1.165, 1.54) is 0 Å². The summed E-state index contributed by atoms with van der Waals surface area (Å²) in [6, 6.07) is 11.4. The van der Waals surface area contributed by atoms with E-state index < -0.39 is 5.72 Å². The molecule has 3 N–H and O–H groups in total. The minimum absolute atomic E-state index is 0.0345. The number of rotatable bonds is 1. The number of aromatic hydroxyl groups is 1. The van der Waals surface area contributed by atoms with Gasteiger partial charge < -0.3 is 20.5 Å². The van der Waals surface area contributed by atoms with Gasteiger partial charge in [-0.25, -0.2) is 0 Å². The molecule has 1 saturated heterocycles. The third-order valence-electron chi connectivity index (χ3n) is 5.32. The maximum absolute atomic E-state index is 10.2. The largest absolute Gasteiger partial charge is 0.508 e. The van der Waals surface area contributed by atoms with Crippen LogP contribution < -0.4 is 15.4 Å². The maximum Gasteiger partial charge on any atom is 0.185 e. The number of halogens is 1. The van der Waals surface area contributed by atoms with E-state index in [0.717, 1.165) is 28.1 Å². The van der Waals surface area contributed by atoms with Gasteiger partial charge in [0.2, 0.25) is 0 Å². The highest BCUT2D eigenvalue weighted by atomic mass is 35.5. The predicted molar refractivity (Wildman–Crippen MR) is 112 cm³/mol. The molecule has 1 spiro atoms. The van der Waals surface area contributed by atoms with Crippen LogP contribution in [0.15, 0.2) is 36.4 Å². The number of phenols is 1. The zero-order valence-electron chi connectivity index (χ0n) is 15.6. The van der Waals surface area contributed by atoms with Crippen LogP contribution in [0.4, 0.5) is 0 Å². The second kappa shape index (κ2) is 6.28. The van der Waals surface area contributed by atoms with Crippen LogP contribution in [0, 0.1) is 6.92 Å². The van der Waals surface area contributed by atoms with Crippen LogP contribution in [0.1, 0.15) is 49.3 Å². The first kappa shape index (κ1) is 18.4. The SMILES string of the molecule is Cc1cc(O)cc2c1[C@H](c1ccccc1Cl)C[C@]1(CC(C)(C)NC(=S)N1)O2. The van der Waals surface area contributed by atoms with Crippen molar-refractivity contribution in [3.8, 4) is 11.5 Å². The van der Waals surface area contributed by atoms with Gasteiger partial charge >= 0.3 is 0 Å². The van der Waals surface area contributed by atoms with Crippen LogP contribution in [0.3, 0.4) is 0 Å². The Morgan fingerprint density at radius 2 is 1.96 bits per heavy atom. The van der Waals surface area contributed by atoms with Crippen molar-refractivity contribution in [2.24, 2.45) is 0 Å². The summed E-state index contributed by atoms with van der Waals surface area (Å²) in [6.45, 7) is 6.21. The molecule has 2 aromatic rings. The number of benzene rings is 2. The molecule has 0 aliphatic carbocycles. The van der Waals surface area contributed by atoms with E-state index in [2.05, 4.69) is 30.5 Å². The average molecular weight is 403 g/mol. The Morgan fingerprint density at radius 3 is 2.67 bits per heavy atom. The first-order valence-corrected chi connectivity index (χ1v) is 9.84. The van der Waals surface area contributed by atoms with Crippen molar-refractivity contribution >= 4 is 28.9 Å². The highest BCUT2D eigenvalue weighted by molar-refractivity contribution is 7.80. The summed E-state index contributed by atoms with van der Waals surface area (Å²) in [4.78, 5) is 0. The second-order valence-corrected chi connectivity index (χ2v) is 9.00. The van der Waals surface area contributed by atoms with E-state index in [4.69, 9.17) is 28.6 Å². The van der Waals surface area contributed by atoms with Crippen molar-refractivity contribution in [1.29, 1.82) is 0 Å². The van der Waals surface area contributed by atoms with Gasteiger partial charge in [-0.15, -0.1) is 0 Å². The van der Waals surface area contributed by atoms with Gasteiger partial charge in [0.25, 0.3) is 0 Å². The minimum Gasteiger partial charge on any atom is -0.508 e. The molecule has 4 rings (SSSR count). The fraction of sp³-hybridized carbons (Fsp3) is 0.381. The van der Waals surface area contributed by atoms with E-state index in [9.17, 15) is 5.11 Å². The van der Waals surface area contributed by atoms with Gasteiger partial charge in [-0.1, -0.05) is 29.8 Å². The summed E-state index contributed by atoms with van der Waals surface area (Å²) < 4.78 is 6.48. The molecule has 2 heterocycles. The smallest absolute Gasteiger partial charge is 0.185 e. The van der Waals surface area contributed by atoms with Crippen LogP contribution in [0.2, 0.25) is 5.02 Å². The molecule has 1 fully saturated rings. The van der Waals surface area contributed by atoms with E-state index in [1.807, 2.05) is 25.1 Å². The molecule has 6 heteroatoms. The molecule has 4 nitrogen and oxygen atoms in total. The summed E-state index contributed by atoms with van der Waals surface area (Å²) in [5.41, 5.74) is 2.23.